The van der Waals surface area contributed by atoms with Crippen molar-refractivity contribution < 1.29 is 23.9 Å². The van der Waals surface area contributed by atoms with Gasteiger partial charge in [-0.3, -0.25) is 9.59 Å². The molecule has 0 spiro atoms. The zero-order chi connectivity index (χ0) is 16.4. The van der Waals surface area contributed by atoms with E-state index in [9.17, 15) is 14.4 Å². The Morgan fingerprint density at radius 2 is 1.82 bits per heavy atom. The molecule has 0 unspecified atom stereocenters. The lowest BCUT2D eigenvalue weighted by molar-refractivity contribution is -0.143. The Hall–Kier alpha value is -2.83. The normalized spacial score (nSPS) is 10.1. The molecule has 1 aromatic rings. The summed E-state index contributed by atoms with van der Waals surface area (Å²) < 4.78 is 9.76. The first-order valence-electron chi connectivity index (χ1n) is 6.51. The van der Waals surface area contributed by atoms with Crippen molar-refractivity contribution in [1.29, 1.82) is 0 Å². The van der Waals surface area contributed by atoms with Gasteiger partial charge in [0.1, 0.15) is 5.75 Å². The Morgan fingerprint density at radius 3 is 2.41 bits per heavy atom. The predicted molar refractivity (Wildman–Crippen MR) is 80.1 cm³/mol. The molecule has 0 radical (unpaired) electrons. The summed E-state index contributed by atoms with van der Waals surface area (Å²) in [7, 11) is 3.02. The van der Waals surface area contributed by atoms with Gasteiger partial charge >= 0.3 is 5.97 Å². The van der Waals surface area contributed by atoms with Gasteiger partial charge < -0.3 is 20.1 Å². The van der Waals surface area contributed by atoms with Crippen molar-refractivity contribution in [2.45, 2.75) is 0 Å². The molecule has 1 aromatic carbocycles. The number of amides is 2. The second-order valence-corrected chi connectivity index (χ2v) is 4.16. The van der Waals surface area contributed by atoms with Crippen LogP contribution in [0.3, 0.4) is 0 Å². The maximum Gasteiger partial charge on any atom is 0.331 e. The zero-order valence-electron chi connectivity index (χ0n) is 12.4. The summed E-state index contributed by atoms with van der Waals surface area (Å²) in [5.41, 5.74) is 0.793. The number of likely N-dealkylation sites (N-methyl/N-ethyl adjacent to an activating group) is 1. The Morgan fingerprint density at radius 1 is 1.14 bits per heavy atom. The zero-order valence-corrected chi connectivity index (χ0v) is 12.4. The number of esters is 1. The molecule has 0 aliphatic carbocycles. The van der Waals surface area contributed by atoms with Crippen LogP contribution >= 0.6 is 0 Å². The fourth-order valence-electron chi connectivity index (χ4n) is 1.38. The van der Waals surface area contributed by atoms with E-state index in [0.717, 1.165) is 5.56 Å². The van der Waals surface area contributed by atoms with Gasteiger partial charge in [-0.1, -0.05) is 12.1 Å². The molecule has 0 saturated heterocycles. The van der Waals surface area contributed by atoms with E-state index in [-0.39, 0.29) is 12.5 Å². The minimum absolute atomic E-state index is 0.158. The highest BCUT2D eigenvalue weighted by Crippen LogP contribution is 2.12. The smallest absolute Gasteiger partial charge is 0.331 e. The summed E-state index contributed by atoms with van der Waals surface area (Å²) in [4.78, 5) is 33.7. The molecule has 7 nitrogen and oxygen atoms in total. The summed E-state index contributed by atoms with van der Waals surface area (Å²) in [6.07, 6.45) is 2.78. The quantitative estimate of drug-likeness (QED) is 0.551. The number of methoxy groups -OCH3 is 1. The molecule has 118 valence electrons. The van der Waals surface area contributed by atoms with Crippen molar-refractivity contribution in [3.05, 3.63) is 35.9 Å². The van der Waals surface area contributed by atoms with Crippen molar-refractivity contribution >= 4 is 23.9 Å². The minimum atomic E-state index is -0.647. The molecule has 0 saturated carbocycles. The molecule has 0 fully saturated rings. The van der Waals surface area contributed by atoms with Crippen LogP contribution in [-0.4, -0.2) is 45.1 Å². The van der Waals surface area contributed by atoms with Gasteiger partial charge in [0.2, 0.25) is 5.91 Å². The summed E-state index contributed by atoms with van der Waals surface area (Å²) in [6.45, 7) is -0.600. The number of carbonyl (C=O) groups is 3. The Kier molecular flexibility index (Phi) is 7.18. The Bertz CT molecular complexity index is 552. The minimum Gasteiger partial charge on any atom is -0.497 e. The van der Waals surface area contributed by atoms with Gasteiger partial charge in [0, 0.05) is 13.1 Å². The number of ether oxygens (including phenoxy) is 2. The van der Waals surface area contributed by atoms with Crippen molar-refractivity contribution in [2.24, 2.45) is 0 Å². The number of benzene rings is 1. The largest absolute Gasteiger partial charge is 0.497 e. The lowest BCUT2D eigenvalue weighted by Crippen LogP contribution is -2.37. The van der Waals surface area contributed by atoms with Crippen molar-refractivity contribution in [3.8, 4) is 5.75 Å². The van der Waals surface area contributed by atoms with Gasteiger partial charge in [0.25, 0.3) is 5.91 Å². The van der Waals surface area contributed by atoms with Crippen LogP contribution in [0.4, 0.5) is 0 Å². The van der Waals surface area contributed by atoms with Crippen LogP contribution in [0.1, 0.15) is 5.56 Å². The van der Waals surface area contributed by atoms with E-state index < -0.39 is 18.5 Å². The van der Waals surface area contributed by atoms with E-state index in [4.69, 9.17) is 9.47 Å². The fourth-order valence-corrected chi connectivity index (χ4v) is 1.38. The maximum atomic E-state index is 11.4. The lowest BCUT2D eigenvalue weighted by atomic mass is 10.2. The number of rotatable bonds is 7. The molecule has 2 amide bonds. The second kappa shape index (κ2) is 9.17. The molecule has 1 rings (SSSR count). The number of hydrogen-bond donors (Lipinski definition) is 2. The fraction of sp³-hybridized carbons (Fsp3) is 0.267. The summed E-state index contributed by atoms with van der Waals surface area (Å²) in [5.74, 6) is -0.813. The van der Waals surface area contributed by atoms with Crippen LogP contribution in [0.25, 0.3) is 6.08 Å². The molecular weight excluding hydrogens is 288 g/mol. The average molecular weight is 306 g/mol. The van der Waals surface area contributed by atoms with E-state index in [1.165, 1.54) is 13.1 Å². The first-order valence-corrected chi connectivity index (χ1v) is 6.51. The lowest BCUT2D eigenvalue weighted by Gasteiger charge is -2.04. The highest BCUT2D eigenvalue weighted by atomic mass is 16.5. The van der Waals surface area contributed by atoms with Crippen LogP contribution in [0.2, 0.25) is 0 Å². The average Bonchev–Trinajstić information content (AvgIpc) is 2.56. The van der Waals surface area contributed by atoms with Gasteiger partial charge in [0.05, 0.1) is 13.7 Å². The molecule has 7 heteroatoms. The van der Waals surface area contributed by atoms with Crippen LogP contribution < -0.4 is 15.4 Å². The molecule has 22 heavy (non-hydrogen) atoms. The molecule has 0 bridgehead atoms. The topological polar surface area (TPSA) is 93.7 Å². The molecule has 0 aliphatic rings. The highest BCUT2D eigenvalue weighted by Gasteiger charge is 2.06. The molecule has 0 aliphatic heterocycles. The summed E-state index contributed by atoms with van der Waals surface area (Å²) in [5, 5.41) is 4.66. The van der Waals surface area contributed by atoms with Gasteiger partial charge in [-0.25, -0.2) is 4.79 Å². The highest BCUT2D eigenvalue weighted by molar-refractivity contribution is 5.90. The van der Waals surface area contributed by atoms with Gasteiger partial charge in [0.15, 0.2) is 6.61 Å². The Labute approximate surface area is 128 Å². The van der Waals surface area contributed by atoms with Crippen LogP contribution in [0, 0.1) is 0 Å². The van der Waals surface area contributed by atoms with Crippen LogP contribution in [0.5, 0.6) is 5.75 Å². The monoisotopic (exact) mass is 306 g/mol. The van der Waals surface area contributed by atoms with E-state index >= 15 is 0 Å². The van der Waals surface area contributed by atoms with Crippen molar-refractivity contribution in [2.75, 3.05) is 27.3 Å². The van der Waals surface area contributed by atoms with Crippen molar-refractivity contribution in [1.82, 2.24) is 10.6 Å². The summed E-state index contributed by atoms with van der Waals surface area (Å²) >= 11 is 0. The van der Waals surface area contributed by atoms with Gasteiger partial charge in [-0.05, 0) is 23.8 Å². The predicted octanol–water partition coefficient (Wildman–Crippen LogP) is 0.114. The third-order valence-corrected chi connectivity index (χ3v) is 2.60. The van der Waals surface area contributed by atoms with Gasteiger partial charge in [-0.2, -0.15) is 0 Å². The number of nitrogens with one attached hydrogen (secondary N) is 2. The second-order valence-electron chi connectivity index (χ2n) is 4.16. The first kappa shape index (κ1) is 17.2. The maximum absolute atomic E-state index is 11.4. The van der Waals surface area contributed by atoms with Crippen LogP contribution in [-0.2, 0) is 19.1 Å². The van der Waals surface area contributed by atoms with Crippen molar-refractivity contribution in [3.63, 3.8) is 0 Å². The third kappa shape index (κ3) is 6.56. The van der Waals surface area contributed by atoms with E-state index in [2.05, 4.69) is 10.6 Å². The third-order valence-electron chi connectivity index (χ3n) is 2.60. The Balaban J connectivity index is 2.34. The van der Waals surface area contributed by atoms with Crippen LogP contribution in [0.15, 0.2) is 30.3 Å². The number of hydrogen-bond acceptors (Lipinski definition) is 5. The molecule has 0 atom stereocenters. The number of carbonyl (C=O) groups excluding carboxylic acids is 3. The van der Waals surface area contributed by atoms with E-state index in [0.29, 0.717) is 5.75 Å². The first-order chi connectivity index (χ1) is 10.5. The standard InChI is InChI=1S/C15H18N2O5/c1-16-13(18)9-17-14(19)10-22-15(20)8-5-11-3-6-12(21-2)7-4-11/h3-8H,9-10H2,1-2H3,(H,16,18)(H,17,19)/b8-5+. The molecule has 2 N–H and O–H groups in total. The molecule has 0 aromatic heterocycles. The van der Waals surface area contributed by atoms with E-state index in [1.54, 1.807) is 37.5 Å². The SMILES string of the molecule is CNC(=O)CNC(=O)COC(=O)/C=C/c1ccc(OC)cc1. The van der Waals surface area contributed by atoms with E-state index in [1.807, 2.05) is 0 Å². The summed E-state index contributed by atoms with van der Waals surface area (Å²) in [6, 6.07) is 7.08. The van der Waals surface area contributed by atoms with Gasteiger partial charge in [-0.15, -0.1) is 0 Å². The molecular formula is C15H18N2O5. The molecule has 0 heterocycles.